The number of aromatic nitrogens is 2. The Morgan fingerprint density at radius 3 is 2.38 bits per heavy atom. The molecule has 11 heteroatoms. The third kappa shape index (κ3) is 5.65. The molecule has 0 atom stereocenters. The van der Waals surface area contributed by atoms with Crippen LogP contribution in [0.5, 0.6) is 5.75 Å². The number of aryl methyl sites for hydroxylation is 2. The molecule has 1 aromatic carbocycles. The van der Waals surface area contributed by atoms with Crippen molar-refractivity contribution in [3.8, 4) is 5.75 Å². The Kier molecular flexibility index (Phi) is 7.52. The zero-order chi connectivity index (χ0) is 23.3. The quantitative estimate of drug-likeness (QED) is 0.590. The van der Waals surface area contributed by atoms with Crippen molar-refractivity contribution >= 4 is 21.8 Å². The van der Waals surface area contributed by atoms with Gasteiger partial charge >= 0.3 is 0 Å². The molecule has 1 aromatic heterocycles. The smallest absolute Gasteiger partial charge is 0.262 e. The SMILES string of the molecule is COc1ccc(CNC(=O)CNC(=O)C2CCN(S(=O)(=O)c3cn(C)c(C)n3)CC2)cc1. The van der Waals surface area contributed by atoms with Gasteiger partial charge in [-0.1, -0.05) is 12.1 Å². The number of piperidine rings is 1. The predicted molar refractivity (Wildman–Crippen MR) is 117 cm³/mol. The lowest BCUT2D eigenvalue weighted by atomic mass is 9.97. The Morgan fingerprint density at radius 2 is 1.81 bits per heavy atom. The van der Waals surface area contributed by atoms with Crippen molar-refractivity contribution in [2.24, 2.45) is 13.0 Å². The van der Waals surface area contributed by atoms with E-state index in [-0.39, 0.29) is 42.4 Å². The largest absolute Gasteiger partial charge is 0.497 e. The molecule has 0 aliphatic carbocycles. The lowest BCUT2D eigenvalue weighted by Crippen LogP contribution is -2.45. The highest BCUT2D eigenvalue weighted by atomic mass is 32.2. The van der Waals surface area contributed by atoms with Crippen molar-refractivity contribution in [3.05, 3.63) is 41.9 Å². The lowest BCUT2D eigenvalue weighted by molar-refractivity contribution is -0.129. The minimum Gasteiger partial charge on any atom is -0.497 e. The van der Waals surface area contributed by atoms with E-state index in [1.165, 1.54) is 10.5 Å². The number of amides is 2. The molecule has 1 aliphatic heterocycles. The van der Waals surface area contributed by atoms with Crippen LogP contribution in [0.15, 0.2) is 35.5 Å². The molecule has 2 amide bonds. The molecule has 3 rings (SSSR count). The highest BCUT2D eigenvalue weighted by Crippen LogP contribution is 2.23. The second-order valence-electron chi connectivity index (χ2n) is 7.76. The normalized spacial score (nSPS) is 15.3. The summed E-state index contributed by atoms with van der Waals surface area (Å²) < 4.78 is 33.6. The summed E-state index contributed by atoms with van der Waals surface area (Å²) in [5.41, 5.74) is 0.919. The van der Waals surface area contributed by atoms with Crippen molar-refractivity contribution in [1.29, 1.82) is 0 Å². The van der Waals surface area contributed by atoms with E-state index >= 15 is 0 Å². The number of sulfonamides is 1. The summed E-state index contributed by atoms with van der Waals surface area (Å²) >= 11 is 0. The van der Waals surface area contributed by atoms with Gasteiger partial charge in [-0.05, 0) is 37.5 Å². The van der Waals surface area contributed by atoms with Crippen LogP contribution in [-0.2, 0) is 33.2 Å². The van der Waals surface area contributed by atoms with Crippen molar-refractivity contribution in [2.75, 3.05) is 26.7 Å². The number of carbonyl (C=O) groups is 2. The van der Waals surface area contributed by atoms with Gasteiger partial charge in [-0.25, -0.2) is 13.4 Å². The lowest BCUT2D eigenvalue weighted by Gasteiger charge is -2.29. The van der Waals surface area contributed by atoms with Gasteiger partial charge in [0.2, 0.25) is 11.8 Å². The maximum Gasteiger partial charge on any atom is 0.262 e. The van der Waals surface area contributed by atoms with Gasteiger partial charge in [0.25, 0.3) is 10.0 Å². The summed E-state index contributed by atoms with van der Waals surface area (Å²) in [7, 11) is -0.351. The number of imidazole rings is 1. The van der Waals surface area contributed by atoms with Crippen molar-refractivity contribution in [3.63, 3.8) is 0 Å². The Bertz CT molecular complexity index is 1040. The van der Waals surface area contributed by atoms with E-state index in [2.05, 4.69) is 15.6 Å². The Hall–Kier alpha value is -2.92. The maximum atomic E-state index is 12.8. The van der Waals surface area contributed by atoms with Gasteiger partial charge in [0.15, 0.2) is 5.03 Å². The zero-order valence-corrected chi connectivity index (χ0v) is 19.3. The summed E-state index contributed by atoms with van der Waals surface area (Å²) in [4.78, 5) is 28.6. The molecular weight excluding hydrogens is 434 g/mol. The summed E-state index contributed by atoms with van der Waals surface area (Å²) in [6.07, 6.45) is 2.28. The monoisotopic (exact) mass is 463 g/mol. The minimum absolute atomic E-state index is 0.0222. The van der Waals surface area contributed by atoms with E-state index in [9.17, 15) is 18.0 Å². The standard InChI is InChI=1S/C21H29N5O5S/c1-15-24-20(14-25(15)2)32(29,30)26-10-8-17(9-11-26)21(28)23-13-19(27)22-12-16-4-6-18(31-3)7-5-16/h4-7,14,17H,8-13H2,1-3H3,(H,22,27)(H,23,28). The number of carbonyl (C=O) groups excluding carboxylic acids is 2. The Balaban J connectivity index is 1.42. The Labute approximate surface area is 188 Å². The van der Waals surface area contributed by atoms with E-state index in [1.54, 1.807) is 25.6 Å². The third-order valence-electron chi connectivity index (χ3n) is 5.59. The third-order valence-corrected chi connectivity index (χ3v) is 7.36. The summed E-state index contributed by atoms with van der Waals surface area (Å²) in [5.74, 6) is 0.487. The molecule has 10 nitrogen and oxygen atoms in total. The fourth-order valence-corrected chi connectivity index (χ4v) is 4.95. The number of rotatable bonds is 8. The molecule has 0 radical (unpaired) electrons. The molecule has 2 aromatic rings. The molecule has 1 fully saturated rings. The molecule has 174 valence electrons. The average Bonchev–Trinajstić information content (AvgIpc) is 3.15. The Morgan fingerprint density at radius 1 is 1.16 bits per heavy atom. The van der Waals surface area contributed by atoms with Crippen LogP contribution >= 0.6 is 0 Å². The number of benzene rings is 1. The zero-order valence-electron chi connectivity index (χ0n) is 18.5. The fourth-order valence-electron chi connectivity index (χ4n) is 3.46. The predicted octanol–water partition coefficient (Wildman–Crippen LogP) is 0.570. The van der Waals surface area contributed by atoms with Crippen LogP contribution in [0.3, 0.4) is 0 Å². The number of nitrogens with one attached hydrogen (secondary N) is 2. The molecule has 32 heavy (non-hydrogen) atoms. The topological polar surface area (TPSA) is 123 Å². The highest BCUT2D eigenvalue weighted by molar-refractivity contribution is 7.89. The van der Waals surface area contributed by atoms with Gasteiger partial charge in [-0.15, -0.1) is 0 Å². The molecule has 0 bridgehead atoms. The molecule has 0 spiro atoms. The van der Waals surface area contributed by atoms with Crippen LogP contribution in [0.2, 0.25) is 0 Å². The van der Waals surface area contributed by atoms with Gasteiger partial charge in [-0.3, -0.25) is 9.59 Å². The van der Waals surface area contributed by atoms with Crippen LogP contribution in [0, 0.1) is 12.8 Å². The van der Waals surface area contributed by atoms with Crippen LogP contribution in [0.4, 0.5) is 0 Å². The van der Waals surface area contributed by atoms with Gasteiger partial charge in [0.05, 0.1) is 13.7 Å². The molecule has 2 heterocycles. The van der Waals surface area contributed by atoms with Crippen molar-refractivity contribution in [1.82, 2.24) is 24.5 Å². The molecule has 0 saturated carbocycles. The van der Waals surface area contributed by atoms with Crippen LogP contribution < -0.4 is 15.4 Å². The second-order valence-corrected chi connectivity index (χ2v) is 9.64. The molecular formula is C21H29N5O5S. The molecule has 1 aliphatic rings. The molecule has 0 unspecified atom stereocenters. The second kappa shape index (κ2) is 10.1. The van der Waals surface area contributed by atoms with E-state index in [0.29, 0.717) is 25.2 Å². The van der Waals surface area contributed by atoms with E-state index in [4.69, 9.17) is 4.74 Å². The molecule has 1 saturated heterocycles. The van der Waals surface area contributed by atoms with E-state index in [1.807, 2.05) is 24.3 Å². The number of hydrogen-bond acceptors (Lipinski definition) is 6. The van der Waals surface area contributed by atoms with Crippen LogP contribution in [0.1, 0.15) is 24.2 Å². The number of methoxy groups -OCH3 is 1. The maximum absolute atomic E-state index is 12.8. The van der Waals surface area contributed by atoms with Crippen molar-refractivity contribution < 1.29 is 22.7 Å². The highest BCUT2D eigenvalue weighted by Gasteiger charge is 2.33. The summed E-state index contributed by atoms with van der Waals surface area (Å²) in [5, 5.41) is 5.43. The first kappa shape index (κ1) is 23.7. The average molecular weight is 464 g/mol. The molecule has 2 N–H and O–H groups in total. The number of ether oxygens (including phenoxy) is 1. The summed E-state index contributed by atoms with van der Waals surface area (Å²) in [6.45, 7) is 2.44. The number of hydrogen-bond donors (Lipinski definition) is 2. The fraction of sp³-hybridized carbons (Fsp3) is 0.476. The van der Waals surface area contributed by atoms with E-state index in [0.717, 1.165) is 11.3 Å². The van der Waals surface area contributed by atoms with Crippen molar-refractivity contribution in [2.45, 2.75) is 31.3 Å². The van der Waals surface area contributed by atoms with Gasteiger partial charge < -0.3 is 19.9 Å². The first-order valence-corrected chi connectivity index (χ1v) is 11.8. The van der Waals surface area contributed by atoms with Crippen LogP contribution in [0.25, 0.3) is 0 Å². The first-order valence-electron chi connectivity index (χ1n) is 10.4. The minimum atomic E-state index is -3.68. The van der Waals surface area contributed by atoms with Crippen LogP contribution in [-0.4, -0.2) is 60.8 Å². The number of nitrogens with zero attached hydrogens (tertiary/aromatic N) is 3. The summed E-state index contributed by atoms with van der Waals surface area (Å²) in [6, 6.07) is 7.33. The first-order chi connectivity index (χ1) is 15.2. The van der Waals surface area contributed by atoms with Gasteiger partial charge in [0.1, 0.15) is 11.6 Å². The van der Waals surface area contributed by atoms with E-state index < -0.39 is 10.0 Å². The van der Waals surface area contributed by atoms with Gasteiger partial charge in [-0.2, -0.15) is 4.31 Å². The van der Waals surface area contributed by atoms with Gasteiger partial charge in [0, 0.05) is 38.8 Å².